The molecule has 0 amide bonds. The first-order valence-corrected chi connectivity index (χ1v) is 11.1. The predicted molar refractivity (Wildman–Crippen MR) is 127 cm³/mol. The Balaban J connectivity index is 1.52. The molecule has 138 valence electrons. The number of fused-ring (bicyclic) bond motifs is 2. The lowest BCUT2D eigenvalue weighted by atomic mass is 10.0. The summed E-state index contributed by atoms with van der Waals surface area (Å²) in [5.74, 6) is 0. The zero-order valence-electron chi connectivity index (χ0n) is 14.7. The number of thioether (sulfide) groups is 2. The molecule has 0 atom stereocenters. The van der Waals surface area contributed by atoms with E-state index < -0.39 is 10.9 Å². The number of anilines is 2. The molecule has 0 aromatic heterocycles. The third kappa shape index (κ3) is 2.75. The van der Waals surface area contributed by atoms with Gasteiger partial charge in [-0.2, -0.15) is 0 Å². The van der Waals surface area contributed by atoms with E-state index in [2.05, 4.69) is 46.0 Å². The van der Waals surface area contributed by atoms with Crippen molar-refractivity contribution >= 4 is 69.9 Å². The molecule has 0 N–H and O–H groups in total. The van der Waals surface area contributed by atoms with E-state index in [0.717, 1.165) is 31.2 Å². The molecule has 0 fully saturated rings. The molecule has 28 heavy (non-hydrogen) atoms. The minimum Gasteiger partial charge on any atom is -0.338 e. The summed E-state index contributed by atoms with van der Waals surface area (Å²) in [6.07, 6.45) is 3.67. The molecule has 3 aromatic carbocycles. The highest BCUT2D eigenvalue weighted by Crippen LogP contribution is 2.49. The van der Waals surface area contributed by atoms with E-state index in [0.29, 0.717) is 11.1 Å². The molecule has 5 rings (SSSR count). The molecule has 4 nitrogen and oxygen atoms in total. The van der Waals surface area contributed by atoms with Crippen molar-refractivity contribution in [3.63, 3.8) is 0 Å². The highest BCUT2D eigenvalue weighted by atomic mass is 127. The Bertz CT molecular complexity index is 1160. The van der Waals surface area contributed by atoms with Gasteiger partial charge in [-0.05, 0) is 36.4 Å². The van der Waals surface area contributed by atoms with Crippen molar-refractivity contribution in [1.29, 1.82) is 0 Å². The van der Waals surface area contributed by atoms with Crippen LogP contribution < -0.4 is 18.9 Å². The number of benzene rings is 2. The number of nitrogens with zero attached hydrogens (tertiary/aromatic N) is 2. The first-order chi connectivity index (χ1) is 13.5. The second kappa shape index (κ2) is 6.82. The van der Waals surface area contributed by atoms with Crippen LogP contribution in [0, 0.1) is 0 Å². The van der Waals surface area contributed by atoms with Crippen molar-refractivity contribution in [3.8, 4) is 0 Å². The Morgan fingerprint density at radius 1 is 0.786 bits per heavy atom. The van der Waals surface area contributed by atoms with Crippen molar-refractivity contribution in [3.05, 3.63) is 90.2 Å². The van der Waals surface area contributed by atoms with Crippen LogP contribution in [0.5, 0.6) is 0 Å². The quantitative estimate of drug-likeness (QED) is 0.269. The summed E-state index contributed by atoms with van der Waals surface area (Å²) in [5.41, 5.74) is 2.35. The molecule has 2 heterocycles. The molecule has 7 heteroatoms. The molecule has 0 radical (unpaired) electrons. The number of para-hydroxylation sites is 2. The van der Waals surface area contributed by atoms with Crippen LogP contribution in [0.15, 0.2) is 78.0 Å². The van der Waals surface area contributed by atoms with Gasteiger partial charge in [0, 0.05) is 28.0 Å². The lowest BCUT2D eigenvalue weighted by Gasteiger charge is -2.15. The van der Waals surface area contributed by atoms with E-state index in [-0.39, 0.29) is 0 Å². The van der Waals surface area contributed by atoms with E-state index in [1.54, 1.807) is 23.5 Å². The molecule has 0 saturated carbocycles. The number of hydrogen-bond donors (Lipinski definition) is 0. The maximum absolute atomic E-state index is 12.3. The summed E-state index contributed by atoms with van der Waals surface area (Å²) in [4.78, 5) is 28.9. The monoisotopic (exact) mass is 516 g/mol. The third-order valence-electron chi connectivity index (χ3n) is 4.78. The standard InChI is InChI=1S/C21H13IN2O2S2/c1-23-14-6-2-4-8-16(14)27-18(23)10-12-13(21(26)20(12)25)11-19-24(22)15-7-3-5-9-17(15)28-19/h2-11H,1H3/b18-10-,19-11-. The fourth-order valence-electron chi connectivity index (χ4n) is 3.27. The van der Waals surface area contributed by atoms with Gasteiger partial charge in [0.15, 0.2) is 0 Å². The maximum atomic E-state index is 12.3. The molecule has 0 aliphatic carbocycles. The van der Waals surface area contributed by atoms with Crippen molar-refractivity contribution in [2.75, 3.05) is 15.1 Å². The second-order valence-electron chi connectivity index (χ2n) is 6.43. The first-order valence-electron chi connectivity index (χ1n) is 8.54. The summed E-state index contributed by atoms with van der Waals surface area (Å²) in [7, 11) is 1.98. The molecule has 0 bridgehead atoms. The van der Waals surface area contributed by atoms with Gasteiger partial charge in [0.05, 0.1) is 44.3 Å². The Kier molecular flexibility index (Phi) is 4.41. The first kappa shape index (κ1) is 18.1. The minimum absolute atomic E-state index is 0.412. The minimum atomic E-state index is -0.413. The van der Waals surface area contributed by atoms with Crippen LogP contribution in [-0.2, 0) is 0 Å². The smallest absolute Gasteiger partial charge is 0.234 e. The van der Waals surface area contributed by atoms with Crippen molar-refractivity contribution in [2.24, 2.45) is 0 Å². The van der Waals surface area contributed by atoms with Crippen LogP contribution in [0.25, 0.3) is 12.2 Å². The lowest BCUT2D eigenvalue weighted by Crippen LogP contribution is -2.37. The van der Waals surface area contributed by atoms with Gasteiger partial charge in [-0.15, -0.1) is 0 Å². The molecule has 3 aromatic rings. The van der Waals surface area contributed by atoms with Gasteiger partial charge < -0.3 is 4.90 Å². The van der Waals surface area contributed by atoms with Gasteiger partial charge >= 0.3 is 0 Å². The van der Waals surface area contributed by atoms with Gasteiger partial charge in [0.1, 0.15) is 0 Å². The zero-order valence-corrected chi connectivity index (χ0v) is 18.5. The van der Waals surface area contributed by atoms with Gasteiger partial charge in [-0.3, -0.25) is 12.7 Å². The molecular weight excluding hydrogens is 503 g/mol. The lowest BCUT2D eigenvalue weighted by molar-refractivity contribution is 1.18. The fourth-order valence-corrected chi connectivity index (χ4v) is 6.37. The van der Waals surface area contributed by atoms with Crippen LogP contribution in [0.1, 0.15) is 11.1 Å². The Labute approximate surface area is 184 Å². The highest BCUT2D eigenvalue weighted by Gasteiger charge is 2.27. The van der Waals surface area contributed by atoms with Crippen molar-refractivity contribution in [1.82, 2.24) is 0 Å². The molecule has 2 aliphatic heterocycles. The SMILES string of the molecule is CN1/C(=C/c2c(/C=C3\Sc4ccccc4N3I)c(=O)c2=O)Sc2ccccc21. The van der Waals surface area contributed by atoms with E-state index in [9.17, 15) is 9.59 Å². The summed E-state index contributed by atoms with van der Waals surface area (Å²) >= 11 is 5.45. The maximum Gasteiger partial charge on any atom is 0.234 e. The number of halogens is 1. The number of rotatable bonds is 2. The third-order valence-corrected chi connectivity index (χ3v) is 8.39. The predicted octanol–water partition coefficient (Wildman–Crippen LogP) is 5.08. The highest BCUT2D eigenvalue weighted by molar-refractivity contribution is 14.1. The Morgan fingerprint density at radius 2 is 1.29 bits per heavy atom. The summed E-state index contributed by atoms with van der Waals surface area (Å²) in [6.45, 7) is 0. The van der Waals surface area contributed by atoms with Crippen LogP contribution in [0.3, 0.4) is 0 Å². The van der Waals surface area contributed by atoms with E-state index in [1.165, 1.54) is 0 Å². The summed E-state index contributed by atoms with van der Waals surface area (Å²) in [5, 5.41) is 1.88. The largest absolute Gasteiger partial charge is 0.338 e. The molecule has 0 spiro atoms. The molecule has 0 saturated heterocycles. The van der Waals surface area contributed by atoms with Crippen LogP contribution >= 0.6 is 46.4 Å². The Hall–Kier alpha value is -1.97. The Morgan fingerprint density at radius 3 is 1.89 bits per heavy atom. The summed E-state index contributed by atoms with van der Waals surface area (Å²) in [6, 6.07) is 16.2. The van der Waals surface area contributed by atoms with Crippen molar-refractivity contribution in [2.45, 2.75) is 9.79 Å². The normalized spacial score (nSPS) is 18.4. The van der Waals surface area contributed by atoms with Gasteiger partial charge in [0.25, 0.3) is 0 Å². The van der Waals surface area contributed by atoms with Crippen LogP contribution in [0.2, 0.25) is 0 Å². The van der Waals surface area contributed by atoms with Gasteiger partial charge in [-0.25, -0.2) is 0 Å². The van der Waals surface area contributed by atoms with Crippen LogP contribution in [0.4, 0.5) is 11.4 Å². The molecule has 2 aliphatic rings. The van der Waals surface area contributed by atoms with Gasteiger partial charge in [0.2, 0.25) is 10.9 Å². The molecule has 0 unspecified atom stereocenters. The zero-order chi connectivity index (χ0) is 19.4. The average Bonchev–Trinajstić information content (AvgIpc) is 3.21. The second-order valence-corrected chi connectivity index (χ2v) is 9.52. The number of hydrogen-bond acceptors (Lipinski definition) is 6. The van der Waals surface area contributed by atoms with Gasteiger partial charge in [-0.1, -0.05) is 47.8 Å². The van der Waals surface area contributed by atoms with E-state index in [4.69, 9.17) is 0 Å². The fraction of sp³-hybridized carbons (Fsp3) is 0.0476. The topological polar surface area (TPSA) is 40.6 Å². The van der Waals surface area contributed by atoms with E-state index in [1.807, 2.05) is 52.6 Å². The summed E-state index contributed by atoms with van der Waals surface area (Å²) < 4.78 is 2.03. The van der Waals surface area contributed by atoms with E-state index >= 15 is 0 Å². The molecular formula is C21H13IN2O2S2. The van der Waals surface area contributed by atoms with Crippen LogP contribution in [-0.4, -0.2) is 7.05 Å². The van der Waals surface area contributed by atoms with Crippen molar-refractivity contribution < 1.29 is 0 Å². The average molecular weight is 516 g/mol.